The van der Waals surface area contributed by atoms with Crippen molar-refractivity contribution in [1.82, 2.24) is 10.2 Å². The lowest BCUT2D eigenvalue weighted by molar-refractivity contribution is 0.0899. The van der Waals surface area contributed by atoms with Gasteiger partial charge in [-0.15, -0.1) is 0 Å². The Morgan fingerprint density at radius 2 is 1.92 bits per heavy atom. The zero-order valence-electron chi connectivity index (χ0n) is 15.2. The molecular weight excluding hydrogens is 327 g/mol. The van der Waals surface area contributed by atoms with Gasteiger partial charge in [0.25, 0.3) is 5.91 Å². The largest absolute Gasteiger partial charge is 0.345 e. The van der Waals surface area contributed by atoms with E-state index in [4.69, 9.17) is 0 Å². The van der Waals surface area contributed by atoms with Crippen LogP contribution in [0.4, 0.5) is 4.39 Å². The first kappa shape index (κ1) is 17.2. The number of benzene rings is 2. The smallest absolute Gasteiger partial charge is 0.252 e. The molecular formula is C22H25FN2O. The highest BCUT2D eigenvalue weighted by Gasteiger charge is 2.42. The highest BCUT2D eigenvalue weighted by atomic mass is 19.1. The minimum Gasteiger partial charge on any atom is -0.345 e. The SMILES string of the molecule is CC(Cc1ccc(F)cc1)N1CCC2(CCc3ccccc3C(=O)N2)C1. The number of likely N-dealkylation sites (tertiary alicyclic amines) is 1. The summed E-state index contributed by atoms with van der Waals surface area (Å²) in [5, 5.41) is 3.34. The summed E-state index contributed by atoms with van der Waals surface area (Å²) >= 11 is 0. The van der Waals surface area contributed by atoms with E-state index < -0.39 is 0 Å². The van der Waals surface area contributed by atoms with Crippen molar-refractivity contribution in [2.24, 2.45) is 0 Å². The van der Waals surface area contributed by atoms with Crippen molar-refractivity contribution >= 4 is 5.91 Å². The Hall–Kier alpha value is -2.20. The molecule has 136 valence electrons. The first-order chi connectivity index (χ1) is 12.5. The fourth-order valence-corrected chi connectivity index (χ4v) is 4.38. The maximum Gasteiger partial charge on any atom is 0.252 e. The molecule has 0 saturated carbocycles. The Bertz CT molecular complexity index is 804. The molecule has 3 nitrogen and oxygen atoms in total. The number of fused-ring (bicyclic) bond motifs is 1. The molecule has 26 heavy (non-hydrogen) atoms. The summed E-state index contributed by atoms with van der Waals surface area (Å²) in [6.07, 6.45) is 3.80. The zero-order valence-corrected chi connectivity index (χ0v) is 15.2. The summed E-state index contributed by atoms with van der Waals surface area (Å²) in [5.41, 5.74) is 2.99. The number of aryl methyl sites for hydroxylation is 1. The van der Waals surface area contributed by atoms with Crippen molar-refractivity contribution in [2.75, 3.05) is 13.1 Å². The molecule has 1 saturated heterocycles. The minimum absolute atomic E-state index is 0.0612. The highest BCUT2D eigenvalue weighted by Crippen LogP contribution is 2.32. The average Bonchev–Trinajstić information content (AvgIpc) is 3.00. The number of hydrogen-bond donors (Lipinski definition) is 1. The van der Waals surface area contributed by atoms with E-state index in [0.29, 0.717) is 6.04 Å². The topological polar surface area (TPSA) is 32.3 Å². The molecule has 0 aromatic heterocycles. The maximum absolute atomic E-state index is 13.1. The lowest BCUT2D eigenvalue weighted by Crippen LogP contribution is -2.50. The molecule has 1 amide bonds. The predicted octanol–water partition coefficient (Wildman–Crippen LogP) is 3.58. The van der Waals surface area contributed by atoms with Gasteiger partial charge in [-0.3, -0.25) is 9.69 Å². The second-order valence-corrected chi connectivity index (χ2v) is 7.79. The average molecular weight is 352 g/mol. The van der Waals surface area contributed by atoms with Crippen LogP contribution in [-0.4, -0.2) is 35.5 Å². The Labute approximate surface area is 154 Å². The van der Waals surface area contributed by atoms with Gasteiger partial charge in [-0.1, -0.05) is 30.3 Å². The third kappa shape index (κ3) is 3.38. The number of nitrogens with zero attached hydrogens (tertiary/aromatic N) is 1. The van der Waals surface area contributed by atoms with Gasteiger partial charge in [0.1, 0.15) is 5.82 Å². The van der Waals surface area contributed by atoms with Gasteiger partial charge in [-0.2, -0.15) is 0 Å². The molecule has 2 unspecified atom stereocenters. The van der Waals surface area contributed by atoms with Gasteiger partial charge >= 0.3 is 0 Å². The van der Waals surface area contributed by atoms with Gasteiger partial charge in [0.15, 0.2) is 0 Å². The molecule has 2 aromatic carbocycles. The van der Waals surface area contributed by atoms with Crippen molar-refractivity contribution in [3.8, 4) is 0 Å². The van der Waals surface area contributed by atoms with E-state index in [1.807, 2.05) is 30.3 Å². The molecule has 1 fully saturated rings. The van der Waals surface area contributed by atoms with Crippen molar-refractivity contribution in [3.63, 3.8) is 0 Å². The molecule has 2 heterocycles. The number of amides is 1. The van der Waals surface area contributed by atoms with Crippen molar-refractivity contribution in [3.05, 3.63) is 71.0 Å². The van der Waals surface area contributed by atoms with Crippen LogP contribution in [0.15, 0.2) is 48.5 Å². The Morgan fingerprint density at radius 3 is 2.73 bits per heavy atom. The van der Waals surface area contributed by atoms with E-state index in [1.54, 1.807) is 0 Å². The number of carbonyl (C=O) groups is 1. The molecule has 2 aliphatic rings. The van der Waals surface area contributed by atoms with Gasteiger partial charge in [0.05, 0.1) is 5.54 Å². The van der Waals surface area contributed by atoms with E-state index in [-0.39, 0.29) is 17.3 Å². The fourth-order valence-electron chi connectivity index (χ4n) is 4.38. The van der Waals surface area contributed by atoms with Crippen molar-refractivity contribution in [1.29, 1.82) is 0 Å². The lowest BCUT2D eigenvalue weighted by atomic mass is 9.91. The molecule has 2 aromatic rings. The first-order valence-electron chi connectivity index (χ1n) is 9.44. The third-order valence-corrected chi connectivity index (χ3v) is 5.96. The van der Waals surface area contributed by atoms with Gasteiger partial charge in [0, 0.05) is 24.7 Å². The predicted molar refractivity (Wildman–Crippen MR) is 101 cm³/mol. The van der Waals surface area contributed by atoms with Crippen LogP contribution in [0.3, 0.4) is 0 Å². The monoisotopic (exact) mass is 352 g/mol. The van der Waals surface area contributed by atoms with Crippen LogP contribution in [0.1, 0.15) is 41.3 Å². The second-order valence-electron chi connectivity index (χ2n) is 7.79. The van der Waals surface area contributed by atoms with E-state index in [0.717, 1.165) is 55.5 Å². The van der Waals surface area contributed by atoms with Gasteiger partial charge in [-0.25, -0.2) is 4.39 Å². The summed E-state index contributed by atoms with van der Waals surface area (Å²) in [7, 11) is 0. The van der Waals surface area contributed by atoms with Crippen LogP contribution in [0.25, 0.3) is 0 Å². The molecule has 2 atom stereocenters. The normalized spacial score (nSPS) is 24.2. The van der Waals surface area contributed by atoms with E-state index in [2.05, 4.69) is 23.2 Å². The summed E-state index contributed by atoms with van der Waals surface area (Å²) in [5.74, 6) is -0.131. The molecule has 0 aliphatic carbocycles. The lowest BCUT2D eigenvalue weighted by Gasteiger charge is -2.31. The summed E-state index contributed by atoms with van der Waals surface area (Å²) in [4.78, 5) is 15.2. The molecule has 0 bridgehead atoms. The second kappa shape index (κ2) is 6.84. The van der Waals surface area contributed by atoms with Gasteiger partial charge in [0.2, 0.25) is 0 Å². The quantitative estimate of drug-likeness (QED) is 0.916. The molecule has 4 rings (SSSR count). The van der Waals surface area contributed by atoms with Crippen molar-refractivity contribution in [2.45, 2.75) is 44.2 Å². The third-order valence-electron chi connectivity index (χ3n) is 5.96. The molecule has 1 N–H and O–H groups in total. The van der Waals surface area contributed by atoms with Gasteiger partial charge in [-0.05, 0) is 61.9 Å². The molecule has 2 aliphatic heterocycles. The van der Waals surface area contributed by atoms with Crippen LogP contribution in [-0.2, 0) is 12.8 Å². The molecule has 0 radical (unpaired) electrons. The van der Waals surface area contributed by atoms with E-state index in [9.17, 15) is 9.18 Å². The van der Waals surface area contributed by atoms with Crippen LogP contribution in [0.5, 0.6) is 0 Å². The summed E-state index contributed by atoms with van der Waals surface area (Å²) in [6, 6.07) is 15.1. The Morgan fingerprint density at radius 1 is 1.15 bits per heavy atom. The zero-order chi connectivity index (χ0) is 18.1. The van der Waals surface area contributed by atoms with Crippen LogP contribution in [0, 0.1) is 5.82 Å². The molecule has 1 spiro atoms. The number of halogens is 1. The van der Waals surface area contributed by atoms with E-state index >= 15 is 0 Å². The first-order valence-corrected chi connectivity index (χ1v) is 9.44. The van der Waals surface area contributed by atoms with Crippen molar-refractivity contribution < 1.29 is 9.18 Å². The Kier molecular flexibility index (Phi) is 4.53. The number of nitrogens with one attached hydrogen (secondary N) is 1. The number of hydrogen-bond acceptors (Lipinski definition) is 2. The number of rotatable bonds is 3. The van der Waals surface area contributed by atoms with E-state index in [1.165, 1.54) is 12.1 Å². The standard InChI is InChI=1S/C22H25FN2O/c1-16(14-17-6-8-19(23)9-7-17)25-13-12-22(15-25)11-10-18-4-2-3-5-20(18)21(26)24-22/h2-9,16H,10-15H2,1H3,(H,24,26). The Balaban J connectivity index is 1.44. The van der Waals surface area contributed by atoms with Gasteiger partial charge < -0.3 is 5.32 Å². The maximum atomic E-state index is 13.1. The van der Waals surface area contributed by atoms with Crippen LogP contribution < -0.4 is 5.32 Å². The fraction of sp³-hybridized carbons (Fsp3) is 0.409. The summed E-state index contributed by atoms with van der Waals surface area (Å²) in [6.45, 7) is 4.09. The minimum atomic E-state index is -0.192. The van der Waals surface area contributed by atoms with Crippen LogP contribution >= 0.6 is 0 Å². The molecule has 4 heteroatoms. The summed E-state index contributed by atoms with van der Waals surface area (Å²) < 4.78 is 13.1. The number of carbonyl (C=O) groups excluding carboxylic acids is 1. The van der Waals surface area contributed by atoms with Crippen LogP contribution in [0.2, 0.25) is 0 Å². The highest BCUT2D eigenvalue weighted by molar-refractivity contribution is 5.96.